The number of hydrogen-bond donors (Lipinski definition) is 0. The van der Waals surface area contributed by atoms with E-state index in [-0.39, 0.29) is 0 Å². The first-order valence-corrected chi connectivity index (χ1v) is 9.38. The van der Waals surface area contributed by atoms with E-state index in [2.05, 4.69) is 37.0 Å². The standard InChI is InChI=1S/C18H27N7O/c1-23(2)18-19-9-8-15(20-18)24(3)14-5-4-10-25(11-14)12-16-21-22-17(26-16)13-6-7-13/h8-9,13-14H,4-7,10-12H2,1-3H3. The molecule has 2 aromatic rings. The van der Waals surface area contributed by atoms with Crippen LogP contribution in [0.5, 0.6) is 0 Å². The Kier molecular flexibility index (Phi) is 4.76. The number of likely N-dealkylation sites (N-methyl/N-ethyl adjacent to an activating group) is 1. The van der Waals surface area contributed by atoms with Crippen molar-refractivity contribution in [2.24, 2.45) is 0 Å². The highest BCUT2D eigenvalue weighted by molar-refractivity contribution is 5.43. The van der Waals surface area contributed by atoms with Crippen LogP contribution >= 0.6 is 0 Å². The van der Waals surface area contributed by atoms with Crippen LogP contribution in [0.4, 0.5) is 11.8 Å². The molecular formula is C18H27N7O. The molecule has 8 nitrogen and oxygen atoms in total. The minimum atomic E-state index is 0.416. The fourth-order valence-electron chi connectivity index (χ4n) is 3.45. The van der Waals surface area contributed by atoms with Crippen LogP contribution in [0.1, 0.15) is 43.4 Å². The third-order valence-corrected chi connectivity index (χ3v) is 5.19. The Morgan fingerprint density at radius 2 is 2.04 bits per heavy atom. The van der Waals surface area contributed by atoms with E-state index in [4.69, 9.17) is 4.42 Å². The van der Waals surface area contributed by atoms with Crippen LogP contribution in [0.3, 0.4) is 0 Å². The van der Waals surface area contributed by atoms with Crippen LogP contribution < -0.4 is 9.80 Å². The van der Waals surface area contributed by atoms with Gasteiger partial charge < -0.3 is 14.2 Å². The Balaban J connectivity index is 1.39. The Labute approximate surface area is 154 Å². The number of rotatable bonds is 6. The summed E-state index contributed by atoms with van der Waals surface area (Å²) in [4.78, 5) is 15.6. The zero-order valence-corrected chi connectivity index (χ0v) is 15.8. The fourth-order valence-corrected chi connectivity index (χ4v) is 3.45. The predicted octanol–water partition coefficient (Wildman–Crippen LogP) is 1.90. The zero-order chi connectivity index (χ0) is 18.1. The maximum absolute atomic E-state index is 5.83. The fraction of sp³-hybridized carbons (Fsp3) is 0.667. The van der Waals surface area contributed by atoms with Crippen molar-refractivity contribution in [3.63, 3.8) is 0 Å². The van der Waals surface area contributed by atoms with Crippen LogP contribution in [0, 0.1) is 0 Å². The van der Waals surface area contributed by atoms with Gasteiger partial charge in [0.15, 0.2) is 0 Å². The van der Waals surface area contributed by atoms with Gasteiger partial charge in [0.05, 0.1) is 6.54 Å². The molecular weight excluding hydrogens is 330 g/mol. The molecule has 140 valence electrons. The zero-order valence-electron chi connectivity index (χ0n) is 15.8. The van der Waals surface area contributed by atoms with Crippen molar-refractivity contribution in [2.45, 2.75) is 44.2 Å². The number of piperidine rings is 1. The number of hydrogen-bond acceptors (Lipinski definition) is 8. The molecule has 0 N–H and O–H groups in total. The first-order chi connectivity index (χ1) is 12.6. The molecule has 8 heteroatoms. The molecule has 2 aliphatic rings. The summed E-state index contributed by atoms with van der Waals surface area (Å²) in [6, 6.07) is 2.39. The van der Waals surface area contributed by atoms with E-state index < -0.39 is 0 Å². The topological polar surface area (TPSA) is 74.4 Å². The van der Waals surface area contributed by atoms with Crippen molar-refractivity contribution in [3.05, 3.63) is 24.0 Å². The Morgan fingerprint density at radius 1 is 1.19 bits per heavy atom. The largest absolute Gasteiger partial charge is 0.424 e. The van der Waals surface area contributed by atoms with Gasteiger partial charge in [0, 0.05) is 45.8 Å². The summed E-state index contributed by atoms with van der Waals surface area (Å²) in [6.07, 6.45) is 6.51. The van der Waals surface area contributed by atoms with E-state index in [0.29, 0.717) is 12.0 Å². The quantitative estimate of drug-likeness (QED) is 0.776. The SMILES string of the molecule is CN(C)c1nccc(N(C)C2CCCN(Cc3nnc(C4CC4)o3)C2)n1. The summed E-state index contributed by atoms with van der Waals surface area (Å²) in [5.74, 6) is 3.78. The second-order valence-corrected chi connectivity index (χ2v) is 7.56. The van der Waals surface area contributed by atoms with Crippen molar-refractivity contribution in [3.8, 4) is 0 Å². The lowest BCUT2D eigenvalue weighted by atomic mass is 10.0. The number of aromatic nitrogens is 4. The smallest absolute Gasteiger partial charge is 0.230 e. The summed E-state index contributed by atoms with van der Waals surface area (Å²) in [5, 5.41) is 8.43. The van der Waals surface area contributed by atoms with Gasteiger partial charge in [-0.05, 0) is 38.3 Å². The van der Waals surface area contributed by atoms with Gasteiger partial charge in [-0.25, -0.2) is 4.98 Å². The third-order valence-electron chi connectivity index (χ3n) is 5.19. The Hall–Kier alpha value is -2.22. The molecule has 1 saturated heterocycles. The molecule has 1 aliphatic heterocycles. The van der Waals surface area contributed by atoms with Gasteiger partial charge in [0.2, 0.25) is 17.7 Å². The van der Waals surface area contributed by atoms with Gasteiger partial charge in [0.25, 0.3) is 0 Å². The lowest BCUT2D eigenvalue weighted by Gasteiger charge is -2.37. The monoisotopic (exact) mass is 357 g/mol. The van der Waals surface area contributed by atoms with E-state index >= 15 is 0 Å². The molecule has 4 rings (SSSR count). The minimum absolute atomic E-state index is 0.416. The second-order valence-electron chi connectivity index (χ2n) is 7.56. The van der Waals surface area contributed by atoms with Gasteiger partial charge in [-0.2, -0.15) is 4.98 Å². The Morgan fingerprint density at radius 3 is 2.81 bits per heavy atom. The summed E-state index contributed by atoms with van der Waals surface area (Å²) in [6.45, 7) is 2.77. The van der Waals surface area contributed by atoms with Crippen molar-refractivity contribution in [2.75, 3.05) is 44.0 Å². The van der Waals surface area contributed by atoms with Crippen molar-refractivity contribution < 1.29 is 4.42 Å². The summed E-state index contributed by atoms with van der Waals surface area (Å²) < 4.78 is 5.83. The highest BCUT2D eigenvalue weighted by Crippen LogP contribution is 2.39. The molecule has 0 amide bonds. The molecule has 26 heavy (non-hydrogen) atoms. The molecule has 3 heterocycles. The highest BCUT2D eigenvalue weighted by atomic mass is 16.4. The average molecular weight is 357 g/mol. The van der Waals surface area contributed by atoms with Crippen LogP contribution in [0.2, 0.25) is 0 Å². The first-order valence-electron chi connectivity index (χ1n) is 9.38. The maximum Gasteiger partial charge on any atom is 0.230 e. The number of nitrogens with zero attached hydrogens (tertiary/aromatic N) is 7. The molecule has 0 spiro atoms. The van der Waals surface area contributed by atoms with Crippen LogP contribution in [-0.2, 0) is 6.54 Å². The number of likely N-dealkylation sites (tertiary alicyclic amines) is 1. The van der Waals surface area contributed by atoms with Gasteiger partial charge in [-0.3, -0.25) is 4.90 Å². The molecule has 2 aromatic heterocycles. The summed E-state index contributed by atoms with van der Waals surface area (Å²) in [5.41, 5.74) is 0. The van der Waals surface area contributed by atoms with Crippen LogP contribution in [0.25, 0.3) is 0 Å². The van der Waals surface area contributed by atoms with Crippen molar-refractivity contribution in [1.29, 1.82) is 0 Å². The molecule has 0 radical (unpaired) electrons. The molecule has 2 fully saturated rings. The maximum atomic E-state index is 5.83. The molecule has 1 aliphatic carbocycles. The normalized spacial score (nSPS) is 21.0. The van der Waals surface area contributed by atoms with Gasteiger partial charge >= 0.3 is 0 Å². The molecule has 1 saturated carbocycles. The van der Waals surface area contributed by atoms with E-state index in [0.717, 1.165) is 56.0 Å². The highest BCUT2D eigenvalue weighted by Gasteiger charge is 2.30. The number of anilines is 2. The Bertz CT molecular complexity index is 743. The van der Waals surface area contributed by atoms with Crippen LogP contribution in [0.15, 0.2) is 16.7 Å². The minimum Gasteiger partial charge on any atom is -0.424 e. The molecule has 0 aromatic carbocycles. The predicted molar refractivity (Wildman–Crippen MR) is 99.3 cm³/mol. The van der Waals surface area contributed by atoms with E-state index in [1.807, 2.05) is 31.3 Å². The first kappa shape index (κ1) is 17.2. The second kappa shape index (κ2) is 7.19. The average Bonchev–Trinajstić information content (AvgIpc) is 3.41. The van der Waals surface area contributed by atoms with Gasteiger partial charge in [-0.15, -0.1) is 10.2 Å². The van der Waals surface area contributed by atoms with Crippen molar-refractivity contribution >= 4 is 11.8 Å². The molecule has 1 atom stereocenters. The summed E-state index contributed by atoms with van der Waals surface area (Å²) in [7, 11) is 6.04. The van der Waals surface area contributed by atoms with Crippen molar-refractivity contribution in [1.82, 2.24) is 25.1 Å². The lowest BCUT2D eigenvalue weighted by Crippen LogP contribution is -2.46. The van der Waals surface area contributed by atoms with Gasteiger partial charge in [-0.1, -0.05) is 0 Å². The third kappa shape index (κ3) is 3.80. The van der Waals surface area contributed by atoms with Gasteiger partial charge in [0.1, 0.15) is 5.82 Å². The van der Waals surface area contributed by atoms with E-state index in [1.165, 1.54) is 12.8 Å². The molecule has 0 bridgehead atoms. The van der Waals surface area contributed by atoms with Crippen LogP contribution in [-0.4, -0.2) is 65.3 Å². The summed E-state index contributed by atoms with van der Waals surface area (Å²) >= 11 is 0. The lowest BCUT2D eigenvalue weighted by molar-refractivity contribution is 0.181. The molecule has 1 unspecified atom stereocenters. The van der Waals surface area contributed by atoms with E-state index in [1.54, 1.807) is 0 Å². The van der Waals surface area contributed by atoms with E-state index in [9.17, 15) is 0 Å².